The summed E-state index contributed by atoms with van der Waals surface area (Å²) >= 11 is 0. The third-order valence-corrected chi connectivity index (χ3v) is 3.92. The summed E-state index contributed by atoms with van der Waals surface area (Å²) in [5.74, 6) is -0.212. The summed E-state index contributed by atoms with van der Waals surface area (Å²) in [5.41, 5.74) is 6.85. The molecule has 1 aliphatic rings. The third-order valence-electron chi connectivity index (χ3n) is 3.92. The molecule has 0 radical (unpaired) electrons. The van der Waals surface area contributed by atoms with Gasteiger partial charge in [-0.3, -0.25) is 4.90 Å². The predicted molar refractivity (Wildman–Crippen MR) is 74.2 cm³/mol. The first-order chi connectivity index (χ1) is 9.13. The fourth-order valence-electron chi connectivity index (χ4n) is 2.87. The van der Waals surface area contributed by atoms with E-state index in [1.54, 1.807) is 12.1 Å². The molecule has 19 heavy (non-hydrogen) atoms. The van der Waals surface area contributed by atoms with E-state index in [1.807, 2.05) is 13.0 Å². The fraction of sp³-hybridized carbons (Fsp3) is 0.600. The number of likely N-dealkylation sites (tertiary alicyclic amines) is 1. The lowest BCUT2D eigenvalue weighted by molar-refractivity contribution is 0.0375. The number of rotatable bonds is 4. The standard InChI is InChI=1S/C15H23FN2O/c1-2-14(17)15(12-7-3-4-8-13(12)16)18-9-5-6-11(19)10-18/h3-4,7-8,11,14-15,19H,2,5-6,9-10,17H2,1H3. The first-order valence-electron chi connectivity index (χ1n) is 7.05. The van der Waals surface area contributed by atoms with E-state index in [9.17, 15) is 9.50 Å². The van der Waals surface area contributed by atoms with Crippen LogP contribution >= 0.6 is 0 Å². The summed E-state index contributed by atoms with van der Waals surface area (Å²) in [7, 11) is 0. The van der Waals surface area contributed by atoms with Crippen LogP contribution in [0.25, 0.3) is 0 Å². The van der Waals surface area contributed by atoms with E-state index >= 15 is 0 Å². The smallest absolute Gasteiger partial charge is 0.128 e. The van der Waals surface area contributed by atoms with Gasteiger partial charge >= 0.3 is 0 Å². The highest BCUT2D eigenvalue weighted by Crippen LogP contribution is 2.29. The Morgan fingerprint density at radius 1 is 1.47 bits per heavy atom. The highest BCUT2D eigenvalue weighted by Gasteiger charge is 2.31. The number of benzene rings is 1. The summed E-state index contributed by atoms with van der Waals surface area (Å²) in [5, 5.41) is 9.82. The van der Waals surface area contributed by atoms with Crippen LogP contribution in [-0.4, -0.2) is 35.2 Å². The second-order valence-corrected chi connectivity index (χ2v) is 5.33. The van der Waals surface area contributed by atoms with Gasteiger partial charge in [0.1, 0.15) is 5.82 Å². The van der Waals surface area contributed by atoms with Crippen LogP contribution in [0.15, 0.2) is 24.3 Å². The van der Waals surface area contributed by atoms with E-state index in [0.29, 0.717) is 12.1 Å². The average Bonchev–Trinajstić information content (AvgIpc) is 2.41. The molecule has 0 amide bonds. The summed E-state index contributed by atoms with van der Waals surface area (Å²) in [6, 6.07) is 6.54. The maximum atomic E-state index is 14.0. The summed E-state index contributed by atoms with van der Waals surface area (Å²) < 4.78 is 14.0. The van der Waals surface area contributed by atoms with Crippen molar-refractivity contribution in [1.82, 2.24) is 4.90 Å². The second kappa shape index (κ2) is 6.46. The number of aliphatic hydroxyl groups excluding tert-OH is 1. The quantitative estimate of drug-likeness (QED) is 0.877. The number of piperidine rings is 1. The van der Waals surface area contributed by atoms with E-state index in [0.717, 1.165) is 25.8 Å². The van der Waals surface area contributed by atoms with Crippen LogP contribution in [0.5, 0.6) is 0 Å². The van der Waals surface area contributed by atoms with Gasteiger partial charge in [0.2, 0.25) is 0 Å². The first kappa shape index (κ1) is 14.4. The molecule has 1 fully saturated rings. The summed E-state index contributed by atoms with van der Waals surface area (Å²) in [6.07, 6.45) is 2.21. The van der Waals surface area contributed by atoms with E-state index in [2.05, 4.69) is 4.90 Å². The lowest BCUT2D eigenvalue weighted by Gasteiger charge is -2.39. The molecule has 0 bridgehead atoms. The van der Waals surface area contributed by atoms with Crippen molar-refractivity contribution in [3.05, 3.63) is 35.6 Å². The van der Waals surface area contributed by atoms with E-state index in [4.69, 9.17) is 5.73 Å². The Morgan fingerprint density at radius 2 is 2.21 bits per heavy atom. The molecule has 1 heterocycles. The lowest BCUT2D eigenvalue weighted by atomic mass is 9.93. The van der Waals surface area contributed by atoms with E-state index in [-0.39, 0.29) is 24.0 Å². The van der Waals surface area contributed by atoms with Gasteiger partial charge in [0.15, 0.2) is 0 Å². The van der Waals surface area contributed by atoms with Gasteiger partial charge in [-0.25, -0.2) is 4.39 Å². The first-order valence-corrected chi connectivity index (χ1v) is 7.05. The minimum atomic E-state index is -0.327. The molecular formula is C15H23FN2O. The van der Waals surface area contributed by atoms with E-state index in [1.165, 1.54) is 6.07 Å². The van der Waals surface area contributed by atoms with Crippen LogP contribution < -0.4 is 5.73 Å². The molecule has 106 valence electrons. The third kappa shape index (κ3) is 3.32. The summed E-state index contributed by atoms with van der Waals surface area (Å²) in [4.78, 5) is 2.13. The number of aliphatic hydroxyl groups is 1. The van der Waals surface area contributed by atoms with Crippen LogP contribution in [-0.2, 0) is 0 Å². The van der Waals surface area contributed by atoms with Crippen molar-refractivity contribution in [3.8, 4) is 0 Å². The van der Waals surface area contributed by atoms with E-state index < -0.39 is 0 Å². The minimum Gasteiger partial charge on any atom is -0.392 e. The number of hydrogen-bond donors (Lipinski definition) is 2. The predicted octanol–water partition coefficient (Wildman–Crippen LogP) is 2.06. The number of nitrogens with two attached hydrogens (primary N) is 1. The lowest BCUT2D eigenvalue weighted by Crippen LogP contribution is -2.47. The number of hydrogen-bond acceptors (Lipinski definition) is 3. The van der Waals surface area contributed by atoms with Crippen LogP contribution in [0.4, 0.5) is 4.39 Å². The van der Waals surface area contributed by atoms with Crippen LogP contribution in [0.2, 0.25) is 0 Å². The molecule has 3 atom stereocenters. The molecule has 4 heteroatoms. The van der Waals surface area contributed by atoms with Crippen LogP contribution in [0.1, 0.15) is 37.8 Å². The Morgan fingerprint density at radius 3 is 2.84 bits per heavy atom. The molecular weight excluding hydrogens is 243 g/mol. The average molecular weight is 266 g/mol. The Labute approximate surface area is 114 Å². The highest BCUT2D eigenvalue weighted by atomic mass is 19.1. The van der Waals surface area contributed by atoms with Gasteiger partial charge in [0.05, 0.1) is 12.1 Å². The van der Waals surface area contributed by atoms with Crippen molar-refractivity contribution in [1.29, 1.82) is 0 Å². The maximum absolute atomic E-state index is 14.0. The molecule has 1 saturated heterocycles. The van der Waals surface area contributed by atoms with Gasteiger partial charge in [-0.15, -0.1) is 0 Å². The molecule has 2 rings (SSSR count). The van der Waals surface area contributed by atoms with Crippen LogP contribution in [0.3, 0.4) is 0 Å². The molecule has 0 spiro atoms. The second-order valence-electron chi connectivity index (χ2n) is 5.33. The minimum absolute atomic E-state index is 0.123. The number of nitrogens with zero attached hydrogens (tertiary/aromatic N) is 1. The fourth-order valence-corrected chi connectivity index (χ4v) is 2.87. The van der Waals surface area contributed by atoms with Crippen LogP contribution in [0, 0.1) is 5.82 Å². The molecule has 3 nitrogen and oxygen atoms in total. The molecule has 0 aliphatic carbocycles. The molecule has 0 aromatic heterocycles. The number of β-amino-alcohol motifs (C(OH)–C–C–N with tert-alkyl or cyclic N) is 1. The van der Waals surface area contributed by atoms with Gasteiger partial charge < -0.3 is 10.8 Å². The van der Waals surface area contributed by atoms with Gasteiger partial charge in [-0.1, -0.05) is 25.1 Å². The zero-order valence-corrected chi connectivity index (χ0v) is 11.4. The Hall–Kier alpha value is -0.970. The summed E-state index contributed by atoms with van der Waals surface area (Å²) in [6.45, 7) is 3.45. The molecule has 3 unspecified atom stereocenters. The van der Waals surface area contributed by atoms with Crippen molar-refractivity contribution in [3.63, 3.8) is 0 Å². The Balaban J connectivity index is 2.28. The van der Waals surface area contributed by atoms with Crippen molar-refractivity contribution < 1.29 is 9.50 Å². The van der Waals surface area contributed by atoms with Gasteiger partial charge in [-0.2, -0.15) is 0 Å². The molecule has 0 saturated carbocycles. The number of halogens is 1. The zero-order valence-electron chi connectivity index (χ0n) is 11.4. The maximum Gasteiger partial charge on any atom is 0.128 e. The van der Waals surface area contributed by atoms with Gasteiger partial charge in [-0.05, 0) is 31.9 Å². The molecule has 1 aliphatic heterocycles. The van der Waals surface area contributed by atoms with Crippen molar-refractivity contribution in [2.75, 3.05) is 13.1 Å². The van der Waals surface area contributed by atoms with Gasteiger partial charge in [0.25, 0.3) is 0 Å². The SMILES string of the molecule is CCC(N)C(c1ccccc1F)N1CCCC(O)C1. The van der Waals surface area contributed by atoms with Gasteiger partial charge in [0, 0.05) is 18.2 Å². The van der Waals surface area contributed by atoms with Crippen molar-refractivity contribution in [2.45, 2.75) is 44.4 Å². The normalized spacial score (nSPS) is 24.1. The highest BCUT2D eigenvalue weighted by molar-refractivity contribution is 5.23. The molecule has 3 N–H and O–H groups in total. The van der Waals surface area contributed by atoms with Crippen molar-refractivity contribution >= 4 is 0 Å². The molecule has 1 aromatic carbocycles. The largest absolute Gasteiger partial charge is 0.392 e. The Kier molecular flexibility index (Phi) is 4.91. The topological polar surface area (TPSA) is 49.5 Å². The zero-order chi connectivity index (χ0) is 13.8. The monoisotopic (exact) mass is 266 g/mol. The Bertz CT molecular complexity index is 413. The van der Waals surface area contributed by atoms with Crippen molar-refractivity contribution in [2.24, 2.45) is 5.73 Å². The molecule has 1 aromatic rings.